The van der Waals surface area contributed by atoms with Crippen LogP contribution in [0, 0.1) is 22.7 Å². The summed E-state index contributed by atoms with van der Waals surface area (Å²) in [7, 11) is 0. The number of hydrogen-bond acceptors (Lipinski definition) is 5. The summed E-state index contributed by atoms with van der Waals surface area (Å²) in [4.78, 5) is 4.42. The Bertz CT molecular complexity index is 6880. The number of nitriles is 2. The van der Waals surface area contributed by atoms with Crippen molar-refractivity contribution in [2.24, 2.45) is 0 Å². The van der Waals surface area contributed by atoms with E-state index in [0.717, 1.165) is 94.6 Å². The molecule has 1 aromatic heterocycles. The summed E-state index contributed by atoms with van der Waals surface area (Å²) in [5, 5.41) is 40.8. The molecule has 0 saturated carbocycles. The molecule has 0 unspecified atom stereocenters. The quantitative estimate of drug-likeness (QED) is 0.155. The van der Waals surface area contributed by atoms with Gasteiger partial charge in [0.1, 0.15) is 23.0 Å². The van der Waals surface area contributed by atoms with Gasteiger partial charge in [0, 0.05) is 39.9 Å². The third-order valence-electron chi connectivity index (χ3n) is 21.1. The molecule has 2 aliphatic heterocycles. The lowest BCUT2D eigenvalue weighted by molar-refractivity contribution is 0.486. The monoisotopic (exact) mass is 1290 g/mol. The van der Waals surface area contributed by atoms with Gasteiger partial charge in [-0.15, -0.1) is 0 Å². The van der Waals surface area contributed by atoms with Crippen molar-refractivity contribution in [2.45, 2.75) is 0 Å². The van der Waals surface area contributed by atoms with Crippen molar-refractivity contribution in [3.63, 3.8) is 0 Å². The topological polar surface area (TPSA) is 78.9 Å². The first-order chi connectivity index (χ1) is 50.5. The van der Waals surface area contributed by atoms with Crippen LogP contribution in [0.3, 0.4) is 0 Å². The van der Waals surface area contributed by atoms with E-state index in [1.54, 1.807) is 0 Å². The van der Waals surface area contributed by atoms with Gasteiger partial charge in [-0.3, -0.25) is 4.98 Å². The minimum absolute atomic E-state index is 0.591. The zero-order valence-corrected chi connectivity index (χ0v) is 54.9. The van der Waals surface area contributed by atoms with E-state index < -0.39 is 0 Å². The van der Waals surface area contributed by atoms with E-state index in [4.69, 9.17) is 9.47 Å². The minimum Gasteiger partial charge on any atom is -0.456 e. The summed E-state index contributed by atoms with van der Waals surface area (Å²) in [6, 6.07) is 119. The number of nitrogens with zero attached hydrogens (tertiary/aromatic N) is 3. The second-order valence-electron chi connectivity index (χ2n) is 26.5. The summed E-state index contributed by atoms with van der Waals surface area (Å²) in [5.41, 5.74) is 19.7. The van der Waals surface area contributed by atoms with Crippen LogP contribution < -0.4 is 9.47 Å². The third kappa shape index (κ3) is 9.27. The maximum absolute atomic E-state index is 9.46. The fraction of sp³-hybridized carbons (Fsp3) is 0. The number of benzene rings is 18. The maximum atomic E-state index is 9.46. The van der Waals surface area contributed by atoms with Crippen molar-refractivity contribution in [3.05, 3.63) is 345 Å². The first kappa shape index (κ1) is 58.2. The Morgan fingerprint density at radius 3 is 1.01 bits per heavy atom. The van der Waals surface area contributed by atoms with E-state index in [1.165, 1.54) is 114 Å². The number of aromatic nitrogens is 1. The number of ether oxygens (including phenoxy) is 2. The molecule has 0 amide bonds. The number of hydrogen-bond donors (Lipinski definition) is 0. The van der Waals surface area contributed by atoms with E-state index >= 15 is 0 Å². The van der Waals surface area contributed by atoms with Crippen molar-refractivity contribution in [1.29, 1.82) is 10.5 Å². The highest BCUT2D eigenvalue weighted by molar-refractivity contribution is 6.26. The molecule has 0 bridgehead atoms. The van der Waals surface area contributed by atoms with E-state index in [0.29, 0.717) is 11.1 Å². The highest BCUT2D eigenvalue weighted by Crippen LogP contribution is 2.52. The standard InChI is InChI=1S/C51H29NO.C46H26N2O/c52-30-31-19-24-42-44-26-25-36(43-17-8-18-49(51(43)44)53-50(42)27-31)33-20-22-34(23-21-33)45-28-47-41-15-6-5-14-40(41)46(29-48(47)39-13-4-3-12-38(39)45)37-16-7-10-32-9-1-2-11-35(32)37;47-26-28-14-19-37-39-21-20-32(38-12-5-13-44(46(38)39)49-45(37)23-28)29-15-17-30(18-16-29)40-24-42-36-11-4-2-9-34(36)41(31-7-6-22-48-27-31)25-43(42)35-10-3-1-8-33(35)40/h1-29H;1-25,27H. The smallest absolute Gasteiger partial charge is 0.136 e. The molecule has 0 aliphatic carbocycles. The highest BCUT2D eigenvalue weighted by atomic mass is 16.5. The predicted octanol–water partition coefficient (Wildman–Crippen LogP) is 26.4. The fourth-order valence-electron chi connectivity index (χ4n) is 16.4. The average molecular weight is 1290 g/mol. The van der Waals surface area contributed by atoms with Crippen molar-refractivity contribution in [1.82, 2.24) is 4.98 Å². The summed E-state index contributed by atoms with van der Waals surface area (Å²) in [6.45, 7) is 0. The molecule has 0 radical (unpaired) electrons. The van der Waals surface area contributed by atoms with Crippen molar-refractivity contribution in [3.8, 4) is 124 Å². The average Bonchev–Trinajstić information content (AvgIpc) is 0.761. The van der Waals surface area contributed by atoms with Gasteiger partial charge in [0.2, 0.25) is 0 Å². The van der Waals surface area contributed by atoms with Gasteiger partial charge in [0.15, 0.2) is 0 Å². The number of fused-ring (bicyclic) bond motifs is 15. The summed E-state index contributed by atoms with van der Waals surface area (Å²) in [5.74, 6) is 3.08. The molecule has 21 rings (SSSR count). The molecule has 0 saturated heterocycles. The molecule has 470 valence electrons. The summed E-state index contributed by atoms with van der Waals surface area (Å²) >= 11 is 0. The van der Waals surface area contributed by atoms with Crippen LogP contribution in [-0.4, -0.2) is 4.98 Å². The van der Waals surface area contributed by atoms with Crippen molar-refractivity contribution >= 4 is 97.0 Å². The van der Waals surface area contributed by atoms with Gasteiger partial charge in [-0.1, -0.05) is 243 Å². The molecule has 0 spiro atoms. The van der Waals surface area contributed by atoms with E-state index in [9.17, 15) is 10.5 Å². The zero-order chi connectivity index (χ0) is 67.5. The predicted molar refractivity (Wildman–Crippen MR) is 421 cm³/mol. The molecule has 2 aliphatic rings. The summed E-state index contributed by atoms with van der Waals surface area (Å²) < 4.78 is 12.7. The minimum atomic E-state index is 0.591. The molecule has 5 nitrogen and oxygen atoms in total. The van der Waals surface area contributed by atoms with Gasteiger partial charge in [-0.05, 0) is 237 Å². The maximum Gasteiger partial charge on any atom is 0.136 e. The molecule has 18 aromatic carbocycles. The lowest BCUT2D eigenvalue weighted by Crippen LogP contribution is -1.98. The lowest BCUT2D eigenvalue weighted by atomic mass is 9.86. The number of rotatable bonds is 6. The molecule has 3 heterocycles. The van der Waals surface area contributed by atoms with Crippen molar-refractivity contribution < 1.29 is 9.47 Å². The fourth-order valence-corrected chi connectivity index (χ4v) is 16.4. The molecule has 0 N–H and O–H groups in total. The lowest BCUT2D eigenvalue weighted by Gasteiger charge is -2.22. The molecular weight excluding hydrogens is 1240 g/mol. The van der Waals surface area contributed by atoms with Crippen LogP contribution in [0.2, 0.25) is 0 Å². The van der Waals surface area contributed by atoms with Gasteiger partial charge < -0.3 is 9.47 Å². The van der Waals surface area contributed by atoms with Gasteiger partial charge in [0.25, 0.3) is 0 Å². The van der Waals surface area contributed by atoms with Crippen LogP contribution in [0.25, 0.3) is 186 Å². The van der Waals surface area contributed by atoms with E-state index in [2.05, 4.69) is 278 Å². The molecule has 0 atom stereocenters. The zero-order valence-electron chi connectivity index (χ0n) is 54.9. The Balaban J connectivity index is 0.000000137. The molecule has 0 fully saturated rings. The van der Waals surface area contributed by atoms with Crippen LogP contribution in [0.15, 0.2) is 334 Å². The Morgan fingerprint density at radius 2 is 0.569 bits per heavy atom. The Hall–Kier alpha value is -14.0. The molecule has 5 heteroatoms. The normalized spacial score (nSPS) is 11.9. The molecular formula is C97H55N3O2. The van der Waals surface area contributed by atoms with Crippen LogP contribution in [0.4, 0.5) is 0 Å². The van der Waals surface area contributed by atoms with Gasteiger partial charge >= 0.3 is 0 Å². The molecule has 19 aromatic rings. The van der Waals surface area contributed by atoms with E-state index in [1.807, 2.05) is 73.1 Å². The van der Waals surface area contributed by atoms with Crippen molar-refractivity contribution in [2.75, 3.05) is 0 Å². The second-order valence-corrected chi connectivity index (χ2v) is 26.5. The van der Waals surface area contributed by atoms with Crippen LogP contribution in [0.1, 0.15) is 11.1 Å². The van der Waals surface area contributed by atoms with Crippen LogP contribution in [-0.2, 0) is 0 Å². The second kappa shape index (κ2) is 23.4. The first-order valence-electron chi connectivity index (χ1n) is 34.4. The van der Waals surface area contributed by atoms with Gasteiger partial charge in [-0.25, -0.2) is 0 Å². The SMILES string of the molecule is N#Cc1ccc2c(c1)Oc1cccc3c(-c4ccc(-c5cc6c7ccccc7c(-c7cccc8ccccc78)cc6c6ccccc56)cc4)ccc-2c13.N#Cc1ccc2c(c1)Oc1cccc3c(-c4ccc(-c5cc6c7ccccc7c(-c7cccnc7)cc6c6ccccc56)cc4)ccc-2c13. The Morgan fingerprint density at radius 1 is 0.216 bits per heavy atom. The van der Waals surface area contributed by atoms with Crippen LogP contribution >= 0.6 is 0 Å². The first-order valence-corrected chi connectivity index (χ1v) is 34.4. The van der Waals surface area contributed by atoms with Gasteiger partial charge in [0.05, 0.1) is 23.3 Å². The Kier molecular flexibility index (Phi) is 13.3. The summed E-state index contributed by atoms with van der Waals surface area (Å²) in [6.07, 6.45) is 3.78. The van der Waals surface area contributed by atoms with Gasteiger partial charge in [-0.2, -0.15) is 10.5 Å². The Labute approximate surface area is 587 Å². The molecule has 102 heavy (non-hydrogen) atoms. The third-order valence-corrected chi connectivity index (χ3v) is 21.1. The number of pyridine rings is 1. The van der Waals surface area contributed by atoms with E-state index in [-0.39, 0.29) is 0 Å². The largest absolute Gasteiger partial charge is 0.456 e. The highest BCUT2D eigenvalue weighted by Gasteiger charge is 2.26. The van der Waals surface area contributed by atoms with Crippen LogP contribution in [0.5, 0.6) is 23.0 Å².